The second-order valence-electron chi connectivity index (χ2n) is 7.30. The zero-order chi connectivity index (χ0) is 23.8. The summed E-state index contributed by atoms with van der Waals surface area (Å²) in [5.74, 6) is -5.21. The summed E-state index contributed by atoms with van der Waals surface area (Å²) in [7, 11) is 4.63. The summed E-state index contributed by atoms with van der Waals surface area (Å²) in [4.78, 5) is 36.7. The van der Waals surface area contributed by atoms with Crippen molar-refractivity contribution < 1.29 is 23.1 Å². The minimum absolute atomic E-state index is 0.0339. The first-order valence-electron chi connectivity index (χ1n) is 9.81. The Morgan fingerprint density at radius 2 is 2.03 bits per heavy atom. The highest BCUT2D eigenvalue weighted by atomic mass is 19.3. The molecule has 1 fully saturated rings. The van der Waals surface area contributed by atoms with Crippen LogP contribution in [0.2, 0.25) is 0 Å². The lowest BCUT2D eigenvalue weighted by Gasteiger charge is -2.16. The van der Waals surface area contributed by atoms with E-state index in [1.165, 1.54) is 20.4 Å². The summed E-state index contributed by atoms with van der Waals surface area (Å²) in [6.07, 6.45) is 2.21. The Morgan fingerprint density at radius 1 is 1.27 bits per heavy atom. The minimum Gasteiger partial charge on any atom is -0.494 e. The van der Waals surface area contributed by atoms with Crippen molar-refractivity contribution in [2.45, 2.75) is 12.3 Å². The van der Waals surface area contributed by atoms with Gasteiger partial charge in [-0.3, -0.25) is 19.6 Å². The molecule has 0 bridgehead atoms. The van der Waals surface area contributed by atoms with Crippen LogP contribution in [-0.4, -0.2) is 56.6 Å². The van der Waals surface area contributed by atoms with Gasteiger partial charge >= 0.3 is 0 Å². The van der Waals surface area contributed by atoms with E-state index in [4.69, 9.17) is 4.74 Å². The number of rotatable bonds is 7. The summed E-state index contributed by atoms with van der Waals surface area (Å²) >= 11 is 0. The van der Waals surface area contributed by atoms with Gasteiger partial charge in [0.1, 0.15) is 23.6 Å². The van der Waals surface area contributed by atoms with Crippen molar-refractivity contribution in [3.05, 3.63) is 36.3 Å². The molecular formula is C20H20F2N8O3. The molecule has 2 aromatic heterocycles. The molecule has 0 radical (unpaired) electrons. The van der Waals surface area contributed by atoms with Gasteiger partial charge in [-0.1, -0.05) is 6.07 Å². The average Bonchev–Trinajstić information content (AvgIpc) is 3.22. The number of carbonyl (C=O) groups excluding carboxylic acids is 2. The van der Waals surface area contributed by atoms with Crippen LogP contribution in [0.25, 0.3) is 11.4 Å². The second kappa shape index (κ2) is 8.41. The fourth-order valence-electron chi connectivity index (χ4n) is 3.15. The standard InChI is InChI=1S/C20H20F2N8O3/c1-23-17(31)11-8-24-19(28-18(32)12-7-20(12,21)22)27-16(11)26-13-6-4-5-10(14(13)33-3)15-25-9-30(2)29-15/h4-6,8-9,12H,7H2,1-3H3,(H,23,31)(H2,24,26,27,28,32). The maximum Gasteiger partial charge on any atom is 0.260 e. The molecule has 1 aliphatic carbocycles. The molecule has 0 spiro atoms. The lowest BCUT2D eigenvalue weighted by atomic mass is 10.1. The Labute approximate surface area is 186 Å². The second-order valence-corrected chi connectivity index (χ2v) is 7.30. The minimum atomic E-state index is -3.03. The number of nitrogens with one attached hydrogen (secondary N) is 3. The van der Waals surface area contributed by atoms with Gasteiger partial charge in [-0.05, 0) is 12.1 Å². The van der Waals surface area contributed by atoms with Gasteiger partial charge in [-0.2, -0.15) is 10.1 Å². The number of methoxy groups -OCH3 is 1. The number of para-hydroxylation sites is 1. The number of aromatic nitrogens is 5. The highest BCUT2D eigenvalue weighted by Gasteiger charge is 2.61. The van der Waals surface area contributed by atoms with Crippen LogP contribution in [0.5, 0.6) is 5.75 Å². The van der Waals surface area contributed by atoms with Gasteiger partial charge in [0.2, 0.25) is 11.9 Å². The fourth-order valence-corrected chi connectivity index (χ4v) is 3.15. The first kappa shape index (κ1) is 22.0. The van der Waals surface area contributed by atoms with Gasteiger partial charge in [-0.15, -0.1) is 0 Å². The number of anilines is 3. The van der Waals surface area contributed by atoms with Gasteiger partial charge in [0, 0.05) is 26.7 Å². The Hall–Kier alpha value is -4.16. The van der Waals surface area contributed by atoms with Gasteiger partial charge in [0.25, 0.3) is 11.8 Å². The molecule has 1 saturated carbocycles. The molecule has 172 valence electrons. The predicted octanol–water partition coefficient (Wildman–Crippen LogP) is 1.98. The van der Waals surface area contributed by atoms with Crippen molar-refractivity contribution in [1.29, 1.82) is 0 Å². The number of alkyl halides is 2. The Morgan fingerprint density at radius 3 is 2.64 bits per heavy atom. The third-order valence-corrected chi connectivity index (χ3v) is 4.95. The van der Waals surface area contributed by atoms with Crippen LogP contribution in [0.4, 0.5) is 26.2 Å². The van der Waals surface area contributed by atoms with Crippen molar-refractivity contribution in [2.24, 2.45) is 13.0 Å². The normalized spacial score (nSPS) is 16.1. The van der Waals surface area contributed by atoms with Gasteiger partial charge in [0.15, 0.2) is 11.6 Å². The number of carbonyl (C=O) groups is 2. The highest BCUT2D eigenvalue weighted by Crippen LogP contribution is 2.49. The summed E-state index contributed by atoms with van der Waals surface area (Å²) in [6, 6.07) is 5.18. The van der Waals surface area contributed by atoms with Crippen molar-refractivity contribution in [2.75, 3.05) is 24.8 Å². The molecule has 3 N–H and O–H groups in total. The first-order chi connectivity index (χ1) is 15.7. The van der Waals surface area contributed by atoms with E-state index >= 15 is 0 Å². The molecule has 1 aliphatic rings. The van der Waals surface area contributed by atoms with Crippen LogP contribution >= 0.6 is 0 Å². The van der Waals surface area contributed by atoms with Crippen LogP contribution in [0.1, 0.15) is 16.8 Å². The average molecular weight is 458 g/mol. The smallest absolute Gasteiger partial charge is 0.260 e. The van der Waals surface area contributed by atoms with E-state index in [9.17, 15) is 18.4 Å². The van der Waals surface area contributed by atoms with E-state index in [0.717, 1.165) is 0 Å². The monoisotopic (exact) mass is 458 g/mol. The van der Waals surface area contributed by atoms with Crippen LogP contribution < -0.4 is 20.7 Å². The molecule has 11 nitrogen and oxygen atoms in total. The van der Waals surface area contributed by atoms with E-state index < -0.39 is 30.1 Å². The molecule has 33 heavy (non-hydrogen) atoms. The molecule has 1 unspecified atom stereocenters. The van der Waals surface area contributed by atoms with E-state index in [1.807, 2.05) is 0 Å². The molecule has 0 saturated heterocycles. The number of benzene rings is 1. The van der Waals surface area contributed by atoms with Crippen LogP contribution in [0.3, 0.4) is 0 Å². The van der Waals surface area contributed by atoms with Crippen LogP contribution in [0.15, 0.2) is 30.7 Å². The number of aryl methyl sites for hydroxylation is 1. The molecule has 4 rings (SSSR count). The zero-order valence-corrected chi connectivity index (χ0v) is 17.9. The number of ether oxygens (including phenoxy) is 1. The van der Waals surface area contributed by atoms with Gasteiger partial charge in [0.05, 0.1) is 18.4 Å². The molecular weight excluding hydrogens is 438 g/mol. The summed E-state index contributed by atoms with van der Waals surface area (Å²) in [5, 5.41) is 12.0. The highest BCUT2D eigenvalue weighted by molar-refractivity contribution is 6.00. The van der Waals surface area contributed by atoms with E-state index in [1.54, 1.807) is 36.3 Å². The quantitative estimate of drug-likeness (QED) is 0.489. The van der Waals surface area contributed by atoms with Crippen LogP contribution in [0, 0.1) is 5.92 Å². The lowest BCUT2D eigenvalue weighted by molar-refractivity contribution is -0.119. The van der Waals surface area contributed by atoms with Crippen LogP contribution in [-0.2, 0) is 11.8 Å². The number of amides is 2. The first-order valence-corrected chi connectivity index (χ1v) is 9.81. The third kappa shape index (κ3) is 4.42. The Bertz CT molecular complexity index is 1230. The molecule has 3 aromatic rings. The number of nitrogens with zero attached hydrogens (tertiary/aromatic N) is 5. The molecule has 13 heteroatoms. The fraction of sp³-hybridized carbons (Fsp3) is 0.300. The molecule has 1 aromatic carbocycles. The van der Waals surface area contributed by atoms with Crippen molar-refractivity contribution in [3.63, 3.8) is 0 Å². The SMILES string of the molecule is CNC(=O)c1cnc(NC(=O)C2CC2(F)F)nc1Nc1cccc(-c2ncn(C)n2)c1OC. The maximum atomic E-state index is 13.2. The number of halogens is 2. The summed E-state index contributed by atoms with van der Waals surface area (Å²) < 4.78 is 33.5. The molecule has 2 heterocycles. The third-order valence-electron chi connectivity index (χ3n) is 4.95. The number of hydrogen-bond donors (Lipinski definition) is 3. The zero-order valence-electron chi connectivity index (χ0n) is 17.9. The van der Waals surface area contributed by atoms with Gasteiger partial charge < -0.3 is 15.4 Å². The molecule has 2 amide bonds. The topological polar surface area (TPSA) is 136 Å². The lowest BCUT2D eigenvalue weighted by Crippen LogP contribution is -2.22. The van der Waals surface area contributed by atoms with E-state index in [2.05, 4.69) is 36.0 Å². The van der Waals surface area contributed by atoms with Crippen molar-refractivity contribution in [3.8, 4) is 17.1 Å². The van der Waals surface area contributed by atoms with E-state index in [0.29, 0.717) is 22.8 Å². The Kier molecular flexibility index (Phi) is 5.62. The van der Waals surface area contributed by atoms with Crippen molar-refractivity contribution >= 4 is 29.3 Å². The van der Waals surface area contributed by atoms with Crippen molar-refractivity contribution in [1.82, 2.24) is 30.0 Å². The summed E-state index contributed by atoms with van der Waals surface area (Å²) in [6.45, 7) is 0. The molecule has 1 atom stereocenters. The Balaban J connectivity index is 1.69. The molecule has 0 aliphatic heterocycles. The number of hydrogen-bond acceptors (Lipinski definition) is 8. The largest absolute Gasteiger partial charge is 0.494 e. The summed E-state index contributed by atoms with van der Waals surface area (Å²) in [5.41, 5.74) is 1.08. The predicted molar refractivity (Wildman–Crippen MR) is 113 cm³/mol. The maximum absolute atomic E-state index is 13.2. The van der Waals surface area contributed by atoms with E-state index in [-0.39, 0.29) is 17.3 Å². The van der Waals surface area contributed by atoms with Gasteiger partial charge in [-0.25, -0.2) is 18.7 Å².